The van der Waals surface area contributed by atoms with Crippen LogP contribution in [-0.4, -0.2) is 47.5 Å². The van der Waals surface area contributed by atoms with Gasteiger partial charge in [-0.1, -0.05) is 0 Å². The summed E-state index contributed by atoms with van der Waals surface area (Å²) in [5.41, 5.74) is 3.80. The van der Waals surface area contributed by atoms with Gasteiger partial charge in [-0.05, 0) is 0 Å². The zero-order chi connectivity index (χ0) is 9.97. The van der Waals surface area contributed by atoms with Crippen LogP contribution in [0.15, 0.2) is 9.98 Å². The predicted molar refractivity (Wildman–Crippen MR) is 45.9 cm³/mol. The van der Waals surface area contributed by atoms with Crippen molar-refractivity contribution in [3.8, 4) is 0 Å². The van der Waals surface area contributed by atoms with Crippen molar-refractivity contribution in [2.45, 2.75) is 12.3 Å². The molecular formula is C6H14N6O2+2. The van der Waals surface area contributed by atoms with Gasteiger partial charge in [0.25, 0.3) is 12.3 Å². The van der Waals surface area contributed by atoms with Crippen LogP contribution in [0.25, 0.3) is 0 Å². The van der Waals surface area contributed by atoms with E-state index in [-0.39, 0.29) is 24.0 Å². The average Bonchev–Trinajstić information content (AvgIpc) is 2.27. The van der Waals surface area contributed by atoms with Crippen LogP contribution in [0.3, 0.4) is 0 Å². The minimum Gasteiger partial charge on any atom is -0.314 e. The minimum absolute atomic E-state index is 0.0319. The topological polar surface area (TPSA) is 122 Å². The highest BCUT2D eigenvalue weighted by atomic mass is 16.5. The Bertz CT molecular complexity index is 249. The van der Waals surface area contributed by atoms with Crippen LogP contribution in [0.5, 0.6) is 0 Å². The van der Waals surface area contributed by atoms with Crippen LogP contribution >= 0.6 is 0 Å². The van der Waals surface area contributed by atoms with Crippen molar-refractivity contribution in [1.29, 1.82) is 0 Å². The third kappa shape index (κ3) is 1.55. The van der Waals surface area contributed by atoms with E-state index in [0.717, 1.165) is 13.1 Å². The molecule has 78 valence electrons. The third-order valence-corrected chi connectivity index (χ3v) is 2.33. The quantitative estimate of drug-likeness (QED) is 0.222. The number of quaternary nitrogens is 2. The fourth-order valence-electron chi connectivity index (χ4n) is 1.66. The molecule has 8 heteroatoms. The fraction of sp³-hybridized carbons (Fsp3) is 0.667. The molecule has 0 aromatic rings. The number of hydroxylamine groups is 2. The van der Waals surface area contributed by atoms with Crippen molar-refractivity contribution in [2.24, 2.45) is 9.98 Å². The maximum Gasteiger partial charge on any atom is 0.256 e. The van der Waals surface area contributed by atoms with E-state index in [4.69, 9.17) is 10.4 Å². The van der Waals surface area contributed by atoms with Gasteiger partial charge in [0.05, 0.1) is 0 Å². The number of nitrogens with two attached hydrogens (primary N) is 2. The van der Waals surface area contributed by atoms with Crippen molar-refractivity contribution in [3.05, 3.63) is 0 Å². The lowest BCUT2D eigenvalue weighted by Crippen LogP contribution is -3.11. The molecule has 14 heavy (non-hydrogen) atoms. The monoisotopic (exact) mass is 202 g/mol. The molecule has 2 rings (SSSR count). The van der Waals surface area contributed by atoms with E-state index in [1.54, 1.807) is 0 Å². The van der Waals surface area contributed by atoms with Gasteiger partial charge in [0.15, 0.2) is 11.7 Å². The van der Waals surface area contributed by atoms with Crippen LogP contribution in [0.4, 0.5) is 0 Å². The molecule has 0 radical (unpaired) electrons. The van der Waals surface area contributed by atoms with Crippen molar-refractivity contribution in [3.63, 3.8) is 0 Å². The van der Waals surface area contributed by atoms with Crippen LogP contribution in [0.2, 0.25) is 0 Å². The molecule has 2 aliphatic rings. The van der Waals surface area contributed by atoms with E-state index in [1.807, 2.05) is 11.0 Å². The number of rotatable bonds is 0. The summed E-state index contributed by atoms with van der Waals surface area (Å²) < 4.78 is 0. The van der Waals surface area contributed by atoms with Gasteiger partial charge in [0.2, 0.25) is 0 Å². The Kier molecular flexibility index (Phi) is 2.59. The predicted octanol–water partition coefficient (Wildman–Crippen LogP) is -4.45. The summed E-state index contributed by atoms with van der Waals surface area (Å²) in [6.07, 6.45) is -0.0639. The number of aliphatic imine (C=N–C) groups is 2. The van der Waals surface area contributed by atoms with Gasteiger partial charge in [0.1, 0.15) is 13.1 Å². The molecule has 0 saturated carbocycles. The molecule has 2 heterocycles. The van der Waals surface area contributed by atoms with Crippen molar-refractivity contribution >= 4 is 11.7 Å². The van der Waals surface area contributed by atoms with E-state index in [9.17, 15) is 0 Å². The zero-order valence-electron chi connectivity index (χ0n) is 7.51. The molecule has 8 N–H and O–H groups in total. The number of hydrogen-bond donors (Lipinski definition) is 6. The van der Waals surface area contributed by atoms with Gasteiger partial charge in [-0.15, -0.1) is 0 Å². The van der Waals surface area contributed by atoms with Crippen molar-refractivity contribution < 1.29 is 21.0 Å². The molecule has 2 aliphatic heterocycles. The Morgan fingerprint density at radius 3 is 1.79 bits per heavy atom. The van der Waals surface area contributed by atoms with Gasteiger partial charge in [-0.25, -0.2) is 11.0 Å². The maximum absolute atomic E-state index is 8.75. The summed E-state index contributed by atoms with van der Waals surface area (Å²) in [4.78, 5) is 8.38. The van der Waals surface area contributed by atoms with E-state index >= 15 is 0 Å². The van der Waals surface area contributed by atoms with Crippen molar-refractivity contribution in [1.82, 2.24) is 11.0 Å². The van der Waals surface area contributed by atoms with Gasteiger partial charge in [0, 0.05) is 0 Å². The summed E-state index contributed by atoms with van der Waals surface area (Å²) in [6, 6.07) is 0. The van der Waals surface area contributed by atoms with Gasteiger partial charge in [-0.3, -0.25) is 10.4 Å². The summed E-state index contributed by atoms with van der Waals surface area (Å²) in [5.74, 6) is 0.334. The van der Waals surface area contributed by atoms with E-state index in [2.05, 4.69) is 20.6 Å². The molecule has 0 aliphatic carbocycles. The Balaban J connectivity index is 2.19. The van der Waals surface area contributed by atoms with Gasteiger partial charge in [-0.2, -0.15) is 9.98 Å². The second-order valence-corrected chi connectivity index (χ2v) is 3.21. The molecule has 0 unspecified atom stereocenters. The zero-order valence-corrected chi connectivity index (χ0v) is 7.51. The fourth-order valence-corrected chi connectivity index (χ4v) is 1.66. The number of piperazine rings is 1. The summed E-state index contributed by atoms with van der Waals surface area (Å²) in [6.45, 7) is 1.95. The smallest absolute Gasteiger partial charge is 0.256 e. The highest BCUT2D eigenvalue weighted by Gasteiger charge is 2.35. The first-order valence-corrected chi connectivity index (χ1v) is 4.48. The van der Waals surface area contributed by atoms with Crippen LogP contribution < -0.4 is 21.6 Å². The molecule has 2 atom stereocenters. The first-order chi connectivity index (χ1) is 6.85. The average molecular weight is 202 g/mol. The summed E-state index contributed by atoms with van der Waals surface area (Å²) in [5, 5.41) is 21.6. The van der Waals surface area contributed by atoms with Crippen LogP contribution in [0.1, 0.15) is 0 Å². The molecule has 1 fully saturated rings. The molecule has 0 aromatic carbocycles. The second-order valence-electron chi connectivity index (χ2n) is 3.21. The maximum atomic E-state index is 8.75. The highest BCUT2D eigenvalue weighted by molar-refractivity contribution is 6.40. The van der Waals surface area contributed by atoms with Crippen LogP contribution in [-0.2, 0) is 0 Å². The Hall–Kier alpha value is -1.22. The minimum atomic E-state index is -0.0319. The van der Waals surface area contributed by atoms with Gasteiger partial charge >= 0.3 is 0 Å². The third-order valence-electron chi connectivity index (χ3n) is 2.33. The molecule has 0 amide bonds. The Morgan fingerprint density at radius 2 is 1.43 bits per heavy atom. The van der Waals surface area contributed by atoms with E-state index < -0.39 is 0 Å². The highest BCUT2D eigenvalue weighted by Crippen LogP contribution is 1.98. The van der Waals surface area contributed by atoms with Crippen molar-refractivity contribution in [2.75, 3.05) is 13.1 Å². The lowest BCUT2D eigenvalue weighted by molar-refractivity contribution is -0.832. The number of fused-ring (bicyclic) bond motifs is 1. The Morgan fingerprint density at radius 1 is 1.00 bits per heavy atom. The normalized spacial score (nSPS) is 31.3. The second kappa shape index (κ2) is 3.88. The molecule has 1 saturated heterocycles. The largest absolute Gasteiger partial charge is 0.314 e. The Labute approximate surface area is 80.0 Å². The van der Waals surface area contributed by atoms with Gasteiger partial charge < -0.3 is 10.6 Å². The first-order valence-electron chi connectivity index (χ1n) is 4.48. The lowest BCUT2D eigenvalue weighted by Gasteiger charge is -2.26. The number of hydrogen-bond acceptors (Lipinski definition) is 6. The molecule has 0 aromatic heterocycles. The standard InChI is InChI=1S/C6H12N6O2/c13-11-5-6(12-14)10-4-3(9-5)7-1-2-8-4/h3-4,7-8,13-14H,1-2H2,(H,9,11)(H,10,12)/p+2/t3-,4+. The molecule has 0 bridgehead atoms. The number of amidine groups is 2. The molecular weight excluding hydrogens is 188 g/mol. The van der Waals surface area contributed by atoms with E-state index in [1.165, 1.54) is 0 Å². The SMILES string of the molecule is ONC1=N[C@@H]2[NH2+]CC[NH2+][C@@H]2N=C1NO. The number of nitrogens with zero attached hydrogens (tertiary/aromatic N) is 2. The lowest BCUT2D eigenvalue weighted by atomic mass is 10.2. The number of nitrogens with one attached hydrogen (secondary N) is 2. The molecule has 8 nitrogen and oxygen atoms in total. The first kappa shape index (κ1) is 9.34. The van der Waals surface area contributed by atoms with E-state index in [0.29, 0.717) is 0 Å². The summed E-state index contributed by atoms with van der Waals surface area (Å²) in [7, 11) is 0. The van der Waals surface area contributed by atoms with Crippen LogP contribution in [0, 0.1) is 0 Å². The molecule has 0 spiro atoms. The summed E-state index contributed by atoms with van der Waals surface area (Å²) >= 11 is 0.